The minimum atomic E-state index is -0.868. The van der Waals surface area contributed by atoms with Crippen molar-refractivity contribution in [1.29, 1.82) is 0 Å². The Kier molecular flexibility index (Phi) is 11.7. The number of carbonyl (C=O) groups is 2. The lowest BCUT2D eigenvalue weighted by Gasteiger charge is -2.37. The normalized spacial score (nSPS) is 13.9. The molecule has 246 valence electrons. The number of rotatable bonds is 15. The number of anilines is 2. The largest absolute Gasteiger partial charge is 0.495 e. The maximum atomic E-state index is 13.1. The summed E-state index contributed by atoms with van der Waals surface area (Å²) < 4.78 is 17.9. The number of benzene rings is 4. The topological polar surface area (TPSA) is 101 Å². The quantitative estimate of drug-likeness (QED) is 0.137. The van der Waals surface area contributed by atoms with Gasteiger partial charge in [-0.2, -0.15) is 0 Å². The summed E-state index contributed by atoms with van der Waals surface area (Å²) in [6, 6.07) is 30.9. The molecule has 0 aliphatic carbocycles. The molecule has 0 radical (unpaired) electrons. The van der Waals surface area contributed by atoms with Gasteiger partial charge in [-0.3, -0.25) is 14.5 Å². The second-order valence-electron chi connectivity index (χ2n) is 11.6. The van der Waals surface area contributed by atoms with E-state index in [-0.39, 0.29) is 25.0 Å². The van der Waals surface area contributed by atoms with Gasteiger partial charge in [0, 0.05) is 51.1 Å². The summed E-state index contributed by atoms with van der Waals surface area (Å²) in [6.45, 7) is 7.01. The van der Waals surface area contributed by atoms with Crippen molar-refractivity contribution in [2.75, 3.05) is 56.7 Å². The molecule has 1 unspecified atom stereocenters. The number of aryl methyl sites for hydroxylation is 1. The van der Waals surface area contributed by atoms with E-state index in [2.05, 4.69) is 58.4 Å². The predicted molar refractivity (Wildman–Crippen MR) is 184 cm³/mol. The Balaban J connectivity index is 1.19. The van der Waals surface area contributed by atoms with Gasteiger partial charge >= 0.3 is 5.97 Å². The molecular formula is C38H43N3O6. The summed E-state index contributed by atoms with van der Waals surface area (Å²) in [5, 5.41) is 11.8. The third-order valence-electron chi connectivity index (χ3n) is 8.24. The fraction of sp³-hybridized carbons (Fsp3) is 0.316. The van der Waals surface area contributed by atoms with E-state index in [1.165, 1.54) is 5.56 Å². The van der Waals surface area contributed by atoms with Crippen molar-refractivity contribution in [2.24, 2.45) is 0 Å². The summed E-state index contributed by atoms with van der Waals surface area (Å²) in [6.07, 6.45) is 1.08. The van der Waals surface area contributed by atoms with Gasteiger partial charge < -0.3 is 29.5 Å². The molecule has 0 bridgehead atoms. The highest BCUT2D eigenvalue weighted by Gasteiger charge is 2.22. The van der Waals surface area contributed by atoms with Crippen molar-refractivity contribution < 1.29 is 28.9 Å². The number of nitrogens with one attached hydrogen (secondary N) is 1. The van der Waals surface area contributed by atoms with Gasteiger partial charge in [0.25, 0.3) is 5.91 Å². The lowest BCUT2D eigenvalue weighted by Crippen LogP contribution is -2.47. The Morgan fingerprint density at radius 3 is 2.32 bits per heavy atom. The Morgan fingerprint density at radius 2 is 1.60 bits per heavy atom. The van der Waals surface area contributed by atoms with Crippen LogP contribution >= 0.6 is 0 Å². The van der Waals surface area contributed by atoms with Gasteiger partial charge in [-0.25, -0.2) is 0 Å². The lowest BCUT2D eigenvalue weighted by atomic mass is 10.0. The molecule has 1 amide bonds. The van der Waals surface area contributed by atoms with Crippen LogP contribution in [0.3, 0.4) is 0 Å². The summed E-state index contributed by atoms with van der Waals surface area (Å²) in [5.74, 6) is 0.943. The molecule has 47 heavy (non-hydrogen) atoms. The fourth-order valence-corrected chi connectivity index (χ4v) is 5.71. The summed E-state index contributed by atoms with van der Waals surface area (Å²) in [7, 11) is 1.72. The van der Waals surface area contributed by atoms with Gasteiger partial charge in [-0.15, -0.1) is 0 Å². The monoisotopic (exact) mass is 637 g/mol. The van der Waals surface area contributed by atoms with Crippen LogP contribution in [0.4, 0.5) is 11.4 Å². The van der Waals surface area contributed by atoms with E-state index in [4.69, 9.17) is 19.3 Å². The first-order valence-corrected chi connectivity index (χ1v) is 16.1. The first kappa shape index (κ1) is 33.3. The first-order chi connectivity index (χ1) is 22.9. The maximum absolute atomic E-state index is 13.1. The van der Waals surface area contributed by atoms with Crippen LogP contribution in [0.5, 0.6) is 17.2 Å². The van der Waals surface area contributed by atoms with Crippen LogP contribution in [0.15, 0.2) is 97.1 Å². The zero-order valence-corrected chi connectivity index (χ0v) is 27.1. The standard InChI is InChI=1S/C38H43N3O6/c1-28-9-7-10-30(27-28)34(20-21-40-22-24-41(25-23-40)33-12-4-6-14-36(33)45-2)47-31-18-16-29(17-19-31)38(44)39-32-11-3-5-13-35(32)46-26-8-15-37(42)43/h3-7,9-14,16-19,27,34H,8,15,20-26H2,1-2H3,(H,39,44)(H,42,43). The van der Waals surface area contributed by atoms with E-state index in [0.717, 1.165) is 56.1 Å². The summed E-state index contributed by atoms with van der Waals surface area (Å²) in [5.41, 5.74) is 4.45. The highest BCUT2D eigenvalue weighted by Crippen LogP contribution is 2.30. The SMILES string of the molecule is COc1ccccc1N1CCN(CCC(Oc2ccc(C(=O)Nc3ccccc3OCCCC(=O)O)cc2)c2cccc(C)c2)CC1. The second-order valence-corrected chi connectivity index (χ2v) is 11.6. The Bertz CT molecular complexity index is 1620. The van der Waals surface area contributed by atoms with E-state index in [0.29, 0.717) is 29.2 Å². The van der Waals surface area contributed by atoms with Crippen LogP contribution in [0.25, 0.3) is 0 Å². The van der Waals surface area contributed by atoms with Gasteiger partial charge in [0.1, 0.15) is 23.4 Å². The number of ether oxygens (including phenoxy) is 3. The number of carboxylic acid groups (broad SMARTS) is 1. The molecule has 1 atom stereocenters. The lowest BCUT2D eigenvalue weighted by molar-refractivity contribution is -0.137. The number of methoxy groups -OCH3 is 1. The fourth-order valence-electron chi connectivity index (χ4n) is 5.71. The first-order valence-electron chi connectivity index (χ1n) is 16.1. The number of amides is 1. The Labute approximate surface area is 276 Å². The van der Waals surface area contributed by atoms with Crippen molar-refractivity contribution in [3.63, 3.8) is 0 Å². The number of carboxylic acids is 1. The Morgan fingerprint density at radius 1 is 0.872 bits per heavy atom. The molecule has 0 saturated carbocycles. The third kappa shape index (κ3) is 9.50. The molecule has 9 nitrogen and oxygen atoms in total. The molecule has 1 aliphatic heterocycles. The summed E-state index contributed by atoms with van der Waals surface area (Å²) >= 11 is 0. The van der Waals surface area contributed by atoms with Crippen molar-refractivity contribution >= 4 is 23.3 Å². The maximum Gasteiger partial charge on any atom is 0.303 e. The highest BCUT2D eigenvalue weighted by molar-refractivity contribution is 6.05. The summed E-state index contributed by atoms with van der Waals surface area (Å²) in [4.78, 5) is 28.8. The van der Waals surface area contributed by atoms with E-state index in [1.807, 2.05) is 30.3 Å². The van der Waals surface area contributed by atoms with Gasteiger partial charge in [-0.05, 0) is 67.4 Å². The van der Waals surface area contributed by atoms with Crippen LogP contribution in [-0.4, -0.2) is 68.3 Å². The van der Waals surface area contributed by atoms with Crippen molar-refractivity contribution in [1.82, 2.24) is 4.90 Å². The molecule has 5 rings (SSSR count). The molecule has 2 N–H and O–H groups in total. The third-order valence-corrected chi connectivity index (χ3v) is 8.24. The van der Waals surface area contributed by atoms with E-state index in [1.54, 1.807) is 37.4 Å². The zero-order valence-electron chi connectivity index (χ0n) is 27.1. The minimum Gasteiger partial charge on any atom is -0.495 e. The number of hydrogen-bond donors (Lipinski definition) is 2. The van der Waals surface area contributed by atoms with Crippen molar-refractivity contribution in [3.8, 4) is 17.2 Å². The second kappa shape index (κ2) is 16.5. The number of aliphatic carboxylic acids is 1. The number of carbonyl (C=O) groups excluding carboxylic acids is 1. The van der Waals surface area contributed by atoms with Crippen LogP contribution < -0.4 is 24.4 Å². The average Bonchev–Trinajstić information content (AvgIpc) is 3.09. The minimum absolute atomic E-state index is 0.0233. The molecule has 9 heteroatoms. The number of para-hydroxylation sites is 4. The molecule has 1 heterocycles. The molecule has 4 aromatic carbocycles. The van der Waals surface area contributed by atoms with Crippen LogP contribution in [0.2, 0.25) is 0 Å². The van der Waals surface area contributed by atoms with Crippen LogP contribution in [-0.2, 0) is 4.79 Å². The Hall–Kier alpha value is -5.02. The number of nitrogens with zero attached hydrogens (tertiary/aromatic N) is 2. The van der Waals surface area contributed by atoms with Gasteiger partial charge in [0.2, 0.25) is 0 Å². The highest BCUT2D eigenvalue weighted by atomic mass is 16.5. The van der Waals surface area contributed by atoms with Crippen molar-refractivity contribution in [2.45, 2.75) is 32.3 Å². The van der Waals surface area contributed by atoms with Gasteiger partial charge in [0.15, 0.2) is 0 Å². The van der Waals surface area contributed by atoms with E-state index >= 15 is 0 Å². The smallest absolute Gasteiger partial charge is 0.303 e. The van der Waals surface area contributed by atoms with Crippen LogP contribution in [0.1, 0.15) is 46.9 Å². The molecule has 1 fully saturated rings. The zero-order chi connectivity index (χ0) is 33.0. The molecule has 0 spiro atoms. The molecule has 1 aliphatic rings. The molecule has 1 saturated heterocycles. The van der Waals surface area contributed by atoms with Gasteiger partial charge in [-0.1, -0.05) is 54.1 Å². The van der Waals surface area contributed by atoms with Crippen molar-refractivity contribution in [3.05, 3.63) is 114 Å². The van der Waals surface area contributed by atoms with E-state index in [9.17, 15) is 9.59 Å². The number of piperazine rings is 1. The van der Waals surface area contributed by atoms with Crippen LogP contribution in [0, 0.1) is 6.92 Å². The average molecular weight is 638 g/mol. The predicted octanol–water partition coefficient (Wildman–Crippen LogP) is 6.83. The molecule has 4 aromatic rings. The van der Waals surface area contributed by atoms with E-state index < -0.39 is 5.97 Å². The molecular weight excluding hydrogens is 594 g/mol. The van der Waals surface area contributed by atoms with Gasteiger partial charge in [0.05, 0.1) is 25.1 Å². The number of hydrogen-bond acceptors (Lipinski definition) is 7. The molecule has 0 aromatic heterocycles.